The minimum atomic E-state index is -0.173. The smallest absolute Gasteiger partial charge is 0.147 e. The van der Waals surface area contributed by atoms with Crippen LogP contribution in [0.2, 0.25) is 0 Å². The summed E-state index contributed by atoms with van der Waals surface area (Å²) in [7, 11) is 0. The quantitative estimate of drug-likeness (QED) is 0.777. The van der Waals surface area contributed by atoms with Crippen LogP contribution >= 0.6 is 15.9 Å². The van der Waals surface area contributed by atoms with Crippen LogP contribution in [0, 0.1) is 11.7 Å². The highest BCUT2D eigenvalue weighted by molar-refractivity contribution is 9.10. The van der Waals surface area contributed by atoms with Gasteiger partial charge in [-0.3, -0.25) is 0 Å². The molecule has 1 N–H and O–H groups in total. The molecular weight excluding hydrogens is 281 g/mol. The first-order valence-electron chi connectivity index (χ1n) is 6.44. The lowest BCUT2D eigenvalue weighted by atomic mass is 10.0. The molecule has 1 fully saturated rings. The summed E-state index contributed by atoms with van der Waals surface area (Å²) in [4.78, 5) is 0. The minimum absolute atomic E-state index is 0.173. The van der Waals surface area contributed by atoms with E-state index in [1.807, 2.05) is 6.07 Å². The first kappa shape index (κ1) is 12.9. The first-order valence-corrected chi connectivity index (χ1v) is 7.24. The molecular formula is C14H19BrFN. The van der Waals surface area contributed by atoms with Gasteiger partial charge in [0.2, 0.25) is 0 Å². The molecule has 17 heavy (non-hydrogen) atoms. The predicted molar refractivity (Wildman–Crippen MR) is 73.8 cm³/mol. The Morgan fingerprint density at radius 3 is 2.53 bits per heavy atom. The monoisotopic (exact) mass is 299 g/mol. The van der Waals surface area contributed by atoms with Crippen LogP contribution in [0.1, 0.15) is 38.5 Å². The van der Waals surface area contributed by atoms with Gasteiger partial charge in [0.05, 0.1) is 5.69 Å². The van der Waals surface area contributed by atoms with Gasteiger partial charge in [-0.05, 0) is 37.0 Å². The van der Waals surface area contributed by atoms with Crippen LogP contribution in [-0.4, -0.2) is 6.54 Å². The van der Waals surface area contributed by atoms with Gasteiger partial charge in [0.1, 0.15) is 5.82 Å². The summed E-state index contributed by atoms with van der Waals surface area (Å²) in [6.07, 6.45) is 7.95. The molecule has 94 valence electrons. The second-order valence-electron chi connectivity index (χ2n) is 4.86. The Morgan fingerprint density at radius 1 is 1.18 bits per heavy atom. The average Bonchev–Trinajstić information content (AvgIpc) is 2.56. The SMILES string of the molecule is Fc1cc(Br)ccc1NCC1CCCCCC1. The lowest BCUT2D eigenvalue weighted by molar-refractivity contribution is 0.482. The third-order valence-electron chi connectivity index (χ3n) is 3.49. The van der Waals surface area contributed by atoms with Gasteiger partial charge < -0.3 is 5.32 Å². The van der Waals surface area contributed by atoms with Crippen LogP contribution in [0.3, 0.4) is 0 Å². The zero-order valence-corrected chi connectivity index (χ0v) is 11.6. The van der Waals surface area contributed by atoms with Gasteiger partial charge in [-0.2, -0.15) is 0 Å². The van der Waals surface area contributed by atoms with E-state index in [4.69, 9.17) is 0 Å². The van der Waals surface area contributed by atoms with Crippen molar-refractivity contribution in [3.8, 4) is 0 Å². The van der Waals surface area contributed by atoms with E-state index in [0.29, 0.717) is 11.6 Å². The number of nitrogens with one attached hydrogen (secondary N) is 1. The first-order chi connectivity index (χ1) is 8.25. The van der Waals surface area contributed by atoms with Gasteiger partial charge >= 0.3 is 0 Å². The maximum absolute atomic E-state index is 13.6. The number of hydrogen-bond acceptors (Lipinski definition) is 1. The number of benzene rings is 1. The molecule has 0 saturated heterocycles. The average molecular weight is 300 g/mol. The number of halogens is 2. The zero-order chi connectivity index (χ0) is 12.1. The Kier molecular flexibility index (Phi) is 4.84. The molecule has 0 spiro atoms. The molecule has 0 aliphatic heterocycles. The van der Waals surface area contributed by atoms with Crippen LogP contribution in [0.25, 0.3) is 0 Å². The molecule has 0 atom stereocenters. The van der Waals surface area contributed by atoms with E-state index < -0.39 is 0 Å². The highest BCUT2D eigenvalue weighted by Crippen LogP contribution is 2.24. The normalized spacial score (nSPS) is 17.8. The van der Waals surface area contributed by atoms with Gasteiger partial charge in [-0.1, -0.05) is 41.6 Å². The van der Waals surface area contributed by atoms with Crippen LogP contribution in [0.4, 0.5) is 10.1 Å². The van der Waals surface area contributed by atoms with E-state index in [1.165, 1.54) is 44.6 Å². The van der Waals surface area contributed by atoms with E-state index in [-0.39, 0.29) is 5.82 Å². The summed E-state index contributed by atoms with van der Waals surface area (Å²) in [5.74, 6) is 0.536. The molecule has 2 rings (SSSR count). The summed E-state index contributed by atoms with van der Waals surface area (Å²) in [6, 6.07) is 5.18. The topological polar surface area (TPSA) is 12.0 Å². The Hall–Kier alpha value is -0.570. The van der Waals surface area contributed by atoms with Gasteiger partial charge in [0.15, 0.2) is 0 Å². The maximum atomic E-state index is 13.6. The molecule has 1 aromatic carbocycles. The molecule has 3 heteroatoms. The van der Waals surface area contributed by atoms with Gasteiger partial charge in [0.25, 0.3) is 0 Å². The number of rotatable bonds is 3. The fraction of sp³-hybridized carbons (Fsp3) is 0.571. The lowest BCUT2D eigenvalue weighted by Crippen LogP contribution is -2.14. The molecule has 0 amide bonds. The van der Waals surface area contributed by atoms with Gasteiger partial charge in [0, 0.05) is 11.0 Å². The van der Waals surface area contributed by atoms with Gasteiger partial charge in [-0.15, -0.1) is 0 Å². The predicted octanol–water partition coefficient (Wildman–Crippen LogP) is 4.97. The zero-order valence-electron chi connectivity index (χ0n) is 10.0. The molecule has 0 heterocycles. The van der Waals surface area contributed by atoms with Crippen LogP contribution in [-0.2, 0) is 0 Å². The molecule has 1 aliphatic rings. The van der Waals surface area contributed by atoms with Gasteiger partial charge in [-0.25, -0.2) is 4.39 Å². The Labute approximate surface area is 111 Å². The maximum Gasteiger partial charge on any atom is 0.147 e. The number of anilines is 1. The van der Waals surface area contributed by atoms with Crippen molar-refractivity contribution in [3.05, 3.63) is 28.5 Å². The lowest BCUT2D eigenvalue weighted by Gasteiger charge is -2.16. The molecule has 1 saturated carbocycles. The summed E-state index contributed by atoms with van der Waals surface area (Å²) in [6.45, 7) is 0.901. The van der Waals surface area contributed by atoms with E-state index in [2.05, 4.69) is 21.2 Å². The van der Waals surface area contributed by atoms with Crippen molar-refractivity contribution >= 4 is 21.6 Å². The third kappa shape index (κ3) is 3.98. The fourth-order valence-electron chi connectivity index (χ4n) is 2.46. The van der Waals surface area contributed by atoms with E-state index in [1.54, 1.807) is 6.07 Å². The van der Waals surface area contributed by atoms with Crippen LogP contribution < -0.4 is 5.32 Å². The second kappa shape index (κ2) is 6.39. The standard InChI is InChI=1S/C14H19BrFN/c15-12-7-8-14(13(16)9-12)17-10-11-5-3-1-2-4-6-11/h7-9,11,17H,1-6,10H2. The molecule has 1 nitrogen and oxygen atoms in total. The molecule has 0 aromatic heterocycles. The van der Waals surface area contributed by atoms with E-state index in [9.17, 15) is 4.39 Å². The molecule has 1 aromatic rings. The molecule has 0 bridgehead atoms. The molecule has 0 unspecified atom stereocenters. The molecule has 0 radical (unpaired) electrons. The Morgan fingerprint density at radius 2 is 1.88 bits per heavy atom. The van der Waals surface area contributed by atoms with Crippen LogP contribution in [0.15, 0.2) is 22.7 Å². The third-order valence-corrected chi connectivity index (χ3v) is 3.98. The number of hydrogen-bond donors (Lipinski definition) is 1. The van der Waals surface area contributed by atoms with Crippen molar-refractivity contribution < 1.29 is 4.39 Å². The van der Waals surface area contributed by atoms with Crippen molar-refractivity contribution in [2.75, 3.05) is 11.9 Å². The fourth-order valence-corrected chi connectivity index (χ4v) is 2.79. The summed E-state index contributed by atoms with van der Waals surface area (Å²) < 4.78 is 14.4. The Bertz CT molecular complexity index is 359. The summed E-state index contributed by atoms with van der Waals surface area (Å²) in [5.41, 5.74) is 0.623. The summed E-state index contributed by atoms with van der Waals surface area (Å²) in [5, 5.41) is 3.24. The Balaban J connectivity index is 1.88. The second-order valence-corrected chi connectivity index (χ2v) is 5.78. The molecule has 1 aliphatic carbocycles. The van der Waals surface area contributed by atoms with Crippen LogP contribution in [0.5, 0.6) is 0 Å². The highest BCUT2D eigenvalue weighted by atomic mass is 79.9. The highest BCUT2D eigenvalue weighted by Gasteiger charge is 2.12. The van der Waals surface area contributed by atoms with Crippen molar-refractivity contribution in [2.45, 2.75) is 38.5 Å². The minimum Gasteiger partial charge on any atom is -0.382 e. The van der Waals surface area contributed by atoms with Crippen molar-refractivity contribution in [1.29, 1.82) is 0 Å². The summed E-state index contributed by atoms with van der Waals surface area (Å²) >= 11 is 3.27. The van der Waals surface area contributed by atoms with Crippen molar-refractivity contribution in [3.63, 3.8) is 0 Å². The van der Waals surface area contributed by atoms with Crippen molar-refractivity contribution in [1.82, 2.24) is 0 Å². The van der Waals surface area contributed by atoms with E-state index in [0.717, 1.165) is 11.0 Å². The van der Waals surface area contributed by atoms with E-state index >= 15 is 0 Å². The van der Waals surface area contributed by atoms with Crippen molar-refractivity contribution in [2.24, 2.45) is 5.92 Å². The largest absolute Gasteiger partial charge is 0.382 e.